The number of aliphatic carboxylic acids is 1. The summed E-state index contributed by atoms with van der Waals surface area (Å²) in [5.74, 6) is -0.550. The van der Waals surface area contributed by atoms with Crippen molar-refractivity contribution >= 4 is 23.3 Å². The van der Waals surface area contributed by atoms with Gasteiger partial charge in [0, 0.05) is 41.7 Å². The topological polar surface area (TPSA) is 106 Å². The van der Waals surface area contributed by atoms with Crippen LogP contribution in [0.25, 0.3) is 0 Å². The third kappa shape index (κ3) is 6.59. The van der Waals surface area contributed by atoms with Crippen LogP contribution < -0.4 is 10.1 Å². The Morgan fingerprint density at radius 3 is 2.07 bits per heavy atom. The number of carboxylic acids is 1. The highest BCUT2D eigenvalue weighted by Gasteiger charge is 2.10. The Hall–Kier alpha value is -4.00. The van der Waals surface area contributed by atoms with Crippen LogP contribution in [0.2, 0.25) is 0 Å². The molecule has 3 rings (SSSR count). The molecule has 1 aromatic heterocycles. The molecule has 0 aliphatic carbocycles. The van der Waals surface area contributed by atoms with Gasteiger partial charge in [0.25, 0.3) is 11.9 Å². The Kier molecular flexibility index (Phi) is 7.61. The summed E-state index contributed by atoms with van der Waals surface area (Å²) < 4.78 is 5.12. The molecule has 0 saturated carbocycles. The largest absolute Gasteiger partial charge is 0.497 e. The number of hydrogen-bond acceptors (Lipinski definition) is 5. The van der Waals surface area contributed by atoms with Crippen LogP contribution >= 0.6 is 0 Å². The van der Waals surface area contributed by atoms with E-state index in [-0.39, 0.29) is 11.7 Å². The fourth-order valence-corrected chi connectivity index (χ4v) is 2.34. The lowest BCUT2D eigenvalue weighted by atomic mass is 10.0. The molecule has 29 heavy (non-hydrogen) atoms. The fourth-order valence-electron chi connectivity index (χ4n) is 2.34. The Labute approximate surface area is 168 Å². The number of anilines is 1. The molecule has 0 aliphatic rings. The van der Waals surface area contributed by atoms with Crippen LogP contribution in [0.5, 0.6) is 5.75 Å². The first-order valence-corrected chi connectivity index (χ1v) is 8.60. The molecule has 3 aromatic rings. The van der Waals surface area contributed by atoms with Crippen molar-refractivity contribution in [2.75, 3.05) is 12.4 Å². The Morgan fingerprint density at radius 1 is 0.897 bits per heavy atom. The predicted molar refractivity (Wildman–Crippen MR) is 108 cm³/mol. The number of amides is 1. The summed E-state index contributed by atoms with van der Waals surface area (Å²) >= 11 is 0. The smallest absolute Gasteiger partial charge is 0.300 e. The number of benzene rings is 2. The molecule has 0 unspecified atom stereocenters. The van der Waals surface area contributed by atoms with Crippen molar-refractivity contribution < 1.29 is 24.2 Å². The zero-order valence-electron chi connectivity index (χ0n) is 16.0. The SMILES string of the molecule is CC(=O)O.COc1cccc(C(=O)Nc2ccc(C(=O)c3ccncc3)cc2)c1. The average molecular weight is 392 g/mol. The number of methoxy groups -OCH3 is 1. The number of pyridine rings is 1. The van der Waals surface area contributed by atoms with E-state index in [9.17, 15) is 9.59 Å². The molecule has 0 fully saturated rings. The number of rotatable bonds is 5. The molecule has 0 aliphatic heterocycles. The van der Waals surface area contributed by atoms with Crippen molar-refractivity contribution in [1.29, 1.82) is 0 Å². The van der Waals surface area contributed by atoms with Gasteiger partial charge in [-0.15, -0.1) is 0 Å². The number of nitrogens with one attached hydrogen (secondary N) is 1. The highest BCUT2D eigenvalue weighted by molar-refractivity contribution is 6.09. The highest BCUT2D eigenvalue weighted by atomic mass is 16.5. The summed E-state index contributed by atoms with van der Waals surface area (Å²) in [5, 5.41) is 10.2. The van der Waals surface area contributed by atoms with Crippen LogP contribution in [0.3, 0.4) is 0 Å². The van der Waals surface area contributed by atoms with Crippen molar-refractivity contribution in [3.63, 3.8) is 0 Å². The molecule has 2 N–H and O–H groups in total. The number of carbonyl (C=O) groups excluding carboxylic acids is 2. The molecule has 0 atom stereocenters. The molecule has 7 heteroatoms. The summed E-state index contributed by atoms with van der Waals surface area (Å²) in [4.78, 5) is 37.5. The first kappa shape index (κ1) is 21.3. The van der Waals surface area contributed by atoms with Crippen LogP contribution in [0.4, 0.5) is 5.69 Å². The Bertz CT molecular complexity index is 982. The average Bonchev–Trinajstić information content (AvgIpc) is 2.74. The Morgan fingerprint density at radius 2 is 1.48 bits per heavy atom. The molecule has 0 bridgehead atoms. The van der Waals surface area contributed by atoms with Crippen LogP contribution in [0.1, 0.15) is 33.2 Å². The number of carboxylic acid groups (broad SMARTS) is 1. The standard InChI is InChI=1S/C20H16N2O3.C2H4O2/c1-25-18-4-2-3-16(13-18)20(24)22-17-7-5-14(6-8-17)19(23)15-9-11-21-12-10-15;1-2(3)4/h2-13H,1H3,(H,22,24);1H3,(H,3,4). The molecule has 7 nitrogen and oxygen atoms in total. The van der Waals surface area contributed by atoms with Gasteiger partial charge in [0.1, 0.15) is 5.75 Å². The first-order chi connectivity index (χ1) is 13.9. The van der Waals surface area contributed by atoms with Crippen molar-refractivity contribution in [3.05, 3.63) is 89.7 Å². The molecule has 2 aromatic carbocycles. The van der Waals surface area contributed by atoms with E-state index in [0.717, 1.165) is 6.92 Å². The van der Waals surface area contributed by atoms with E-state index >= 15 is 0 Å². The van der Waals surface area contributed by atoms with E-state index in [2.05, 4.69) is 10.3 Å². The van der Waals surface area contributed by atoms with Gasteiger partial charge in [0.05, 0.1) is 7.11 Å². The zero-order chi connectivity index (χ0) is 21.2. The van der Waals surface area contributed by atoms with Crippen molar-refractivity contribution in [2.45, 2.75) is 6.92 Å². The van der Waals surface area contributed by atoms with Crippen LogP contribution in [0.15, 0.2) is 73.1 Å². The summed E-state index contributed by atoms with van der Waals surface area (Å²) in [6.45, 7) is 1.08. The Balaban J connectivity index is 0.000000687. The van der Waals surface area contributed by atoms with Gasteiger partial charge in [0.15, 0.2) is 5.78 Å². The van der Waals surface area contributed by atoms with Crippen molar-refractivity contribution in [2.24, 2.45) is 0 Å². The second-order valence-electron chi connectivity index (χ2n) is 5.85. The van der Waals surface area contributed by atoms with Gasteiger partial charge < -0.3 is 15.2 Å². The second kappa shape index (κ2) is 10.4. The number of carbonyl (C=O) groups is 3. The normalized spacial score (nSPS) is 9.59. The van der Waals surface area contributed by atoms with E-state index < -0.39 is 5.97 Å². The predicted octanol–water partition coefficient (Wildman–Crippen LogP) is 3.66. The molecule has 0 radical (unpaired) electrons. The number of ether oxygens (including phenoxy) is 1. The number of hydrogen-bond donors (Lipinski definition) is 2. The lowest BCUT2D eigenvalue weighted by Gasteiger charge is -2.07. The minimum atomic E-state index is -0.833. The maximum absolute atomic E-state index is 12.3. The minimum absolute atomic E-state index is 0.0897. The molecule has 0 spiro atoms. The van der Waals surface area contributed by atoms with Gasteiger partial charge in [-0.3, -0.25) is 19.4 Å². The molecule has 1 amide bonds. The zero-order valence-corrected chi connectivity index (χ0v) is 16.0. The van der Waals surface area contributed by atoms with Crippen LogP contribution in [-0.4, -0.2) is 34.9 Å². The highest BCUT2D eigenvalue weighted by Crippen LogP contribution is 2.17. The quantitative estimate of drug-likeness (QED) is 0.642. The summed E-state index contributed by atoms with van der Waals surface area (Å²) in [7, 11) is 1.55. The van der Waals surface area contributed by atoms with E-state index in [1.54, 1.807) is 80.2 Å². The third-order valence-corrected chi connectivity index (χ3v) is 3.68. The monoisotopic (exact) mass is 392 g/mol. The lowest BCUT2D eigenvalue weighted by Crippen LogP contribution is -2.12. The van der Waals surface area contributed by atoms with Crippen LogP contribution in [-0.2, 0) is 4.79 Å². The maximum atomic E-state index is 12.3. The van der Waals surface area contributed by atoms with Gasteiger partial charge in [0.2, 0.25) is 0 Å². The van der Waals surface area contributed by atoms with Crippen molar-refractivity contribution in [3.8, 4) is 5.75 Å². The summed E-state index contributed by atoms with van der Waals surface area (Å²) in [6, 6.07) is 17.0. The van der Waals surface area contributed by atoms with Crippen molar-refractivity contribution in [1.82, 2.24) is 4.98 Å². The van der Waals surface area contributed by atoms with Gasteiger partial charge in [-0.2, -0.15) is 0 Å². The van der Waals surface area contributed by atoms with Gasteiger partial charge >= 0.3 is 0 Å². The summed E-state index contributed by atoms with van der Waals surface area (Å²) in [6.07, 6.45) is 3.16. The number of ketones is 1. The number of nitrogens with zero attached hydrogens (tertiary/aromatic N) is 1. The second-order valence-corrected chi connectivity index (χ2v) is 5.85. The number of aromatic nitrogens is 1. The fraction of sp³-hybridized carbons (Fsp3) is 0.0909. The molecular weight excluding hydrogens is 372 g/mol. The van der Waals surface area contributed by atoms with Gasteiger partial charge in [-0.1, -0.05) is 6.07 Å². The van der Waals surface area contributed by atoms with E-state index in [4.69, 9.17) is 14.6 Å². The van der Waals surface area contributed by atoms with E-state index in [0.29, 0.717) is 28.1 Å². The first-order valence-electron chi connectivity index (χ1n) is 8.60. The lowest BCUT2D eigenvalue weighted by molar-refractivity contribution is -0.134. The molecule has 0 saturated heterocycles. The van der Waals surface area contributed by atoms with Crippen LogP contribution in [0, 0.1) is 0 Å². The van der Waals surface area contributed by atoms with E-state index in [1.807, 2.05) is 0 Å². The summed E-state index contributed by atoms with van der Waals surface area (Å²) in [5.41, 5.74) is 2.23. The van der Waals surface area contributed by atoms with Gasteiger partial charge in [-0.25, -0.2) is 0 Å². The maximum Gasteiger partial charge on any atom is 0.300 e. The molecular formula is C22H20N2O5. The third-order valence-electron chi connectivity index (χ3n) is 3.68. The minimum Gasteiger partial charge on any atom is -0.497 e. The van der Waals surface area contributed by atoms with Gasteiger partial charge in [-0.05, 0) is 54.6 Å². The molecule has 1 heterocycles. The van der Waals surface area contributed by atoms with E-state index in [1.165, 1.54) is 0 Å². The molecule has 148 valence electrons.